The SMILES string of the molecule is CC(C)(C)NC(N)=NCc1csc(-c2ccco2)n1. The summed E-state index contributed by atoms with van der Waals surface area (Å²) >= 11 is 1.54. The Balaban J connectivity index is 1.99. The first-order valence-electron chi connectivity index (χ1n) is 6.00. The van der Waals surface area contributed by atoms with Crippen LogP contribution in [0.25, 0.3) is 10.8 Å². The number of nitrogens with zero attached hydrogens (tertiary/aromatic N) is 2. The highest BCUT2D eigenvalue weighted by atomic mass is 32.1. The first-order valence-corrected chi connectivity index (χ1v) is 6.88. The van der Waals surface area contributed by atoms with Gasteiger partial charge in [-0.05, 0) is 32.9 Å². The van der Waals surface area contributed by atoms with Gasteiger partial charge < -0.3 is 15.5 Å². The summed E-state index contributed by atoms with van der Waals surface area (Å²) in [7, 11) is 0. The second-order valence-corrected chi connectivity index (χ2v) is 6.06. The lowest BCUT2D eigenvalue weighted by molar-refractivity contribution is 0.508. The molecule has 0 aromatic carbocycles. The number of nitrogens with one attached hydrogen (secondary N) is 1. The molecule has 0 aliphatic rings. The van der Waals surface area contributed by atoms with Gasteiger partial charge in [0.1, 0.15) is 0 Å². The average molecular weight is 278 g/mol. The molecule has 0 saturated carbocycles. The maximum atomic E-state index is 5.81. The minimum absolute atomic E-state index is 0.0883. The van der Waals surface area contributed by atoms with Crippen molar-refractivity contribution in [2.75, 3.05) is 0 Å². The van der Waals surface area contributed by atoms with Crippen LogP contribution in [0.2, 0.25) is 0 Å². The van der Waals surface area contributed by atoms with E-state index in [9.17, 15) is 0 Å². The van der Waals surface area contributed by atoms with E-state index in [1.165, 1.54) is 11.3 Å². The lowest BCUT2D eigenvalue weighted by atomic mass is 10.1. The predicted octanol–water partition coefficient (Wildman–Crippen LogP) is 2.61. The molecule has 2 aromatic heterocycles. The summed E-state index contributed by atoms with van der Waals surface area (Å²) in [6.07, 6.45) is 1.64. The Morgan fingerprint density at radius 3 is 2.95 bits per heavy atom. The highest BCUT2D eigenvalue weighted by Crippen LogP contribution is 2.24. The molecule has 6 heteroatoms. The number of guanidine groups is 1. The second-order valence-electron chi connectivity index (χ2n) is 5.20. The number of nitrogens with two attached hydrogens (primary N) is 1. The quantitative estimate of drug-likeness (QED) is 0.668. The Bertz CT molecular complexity index is 551. The lowest BCUT2D eigenvalue weighted by Gasteiger charge is -2.20. The van der Waals surface area contributed by atoms with Crippen LogP contribution < -0.4 is 11.1 Å². The lowest BCUT2D eigenvalue weighted by Crippen LogP contribution is -2.44. The van der Waals surface area contributed by atoms with Gasteiger partial charge in [-0.2, -0.15) is 0 Å². The molecule has 0 unspecified atom stereocenters. The van der Waals surface area contributed by atoms with Gasteiger partial charge in [-0.15, -0.1) is 11.3 Å². The maximum absolute atomic E-state index is 5.81. The summed E-state index contributed by atoms with van der Waals surface area (Å²) in [6.45, 7) is 6.57. The van der Waals surface area contributed by atoms with Gasteiger partial charge in [-0.3, -0.25) is 0 Å². The van der Waals surface area contributed by atoms with E-state index in [-0.39, 0.29) is 5.54 Å². The zero-order valence-electron chi connectivity index (χ0n) is 11.3. The molecule has 0 saturated heterocycles. The smallest absolute Gasteiger partial charge is 0.189 e. The highest BCUT2D eigenvalue weighted by molar-refractivity contribution is 7.13. The topological polar surface area (TPSA) is 76.4 Å². The number of aliphatic imine (C=N–C) groups is 1. The summed E-state index contributed by atoms with van der Waals surface area (Å²) in [5, 5.41) is 5.93. The molecule has 5 nitrogen and oxygen atoms in total. The molecule has 19 heavy (non-hydrogen) atoms. The van der Waals surface area contributed by atoms with Gasteiger partial charge >= 0.3 is 0 Å². The molecule has 0 fully saturated rings. The molecule has 0 aliphatic carbocycles. The number of hydrogen-bond donors (Lipinski definition) is 2. The summed E-state index contributed by atoms with van der Waals surface area (Å²) < 4.78 is 5.30. The van der Waals surface area contributed by atoms with Gasteiger partial charge in [0.15, 0.2) is 16.7 Å². The Labute approximate surface area is 116 Å². The molecule has 0 bridgehead atoms. The van der Waals surface area contributed by atoms with Crippen molar-refractivity contribution in [3.8, 4) is 10.8 Å². The average Bonchev–Trinajstić information content (AvgIpc) is 2.95. The minimum Gasteiger partial charge on any atom is -0.462 e. The standard InChI is InChI=1S/C13H18N4OS/c1-13(2,3)17-12(14)15-7-9-8-19-11(16-9)10-5-4-6-18-10/h4-6,8H,7H2,1-3H3,(H3,14,15,17). The van der Waals surface area contributed by atoms with Crippen molar-refractivity contribution in [3.63, 3.8) is 0 Å². The Hall–Kier alpha value is -1.82. The summed E-state index contributed by atoms with van der Waals surface area (Å²) in [5.41, 5.74) is 6.60. The fourth-order valence-electron chi connectivity index (χ4n) is 1.48. The molecule has 0 amide bonds. The summed E-state index contributed by atoms with van der Waals surface area (Å²) in [4.78, 5) is 8.73. The number of rotatable bonds is 3. The van der Waals surface area contributed by atoms with E-state index in [4.69, 9.17) is 10.2 Å². The Morgan fingerprint density at radius 2 is 2.32 bits per heavy atom. The van der Waals surface area contributed by atoms with Crippen molar-refractivity contribution in [3.05, 3.63) is 29.5 Å². The van der Waals surface area contributed by atoms with Crippen LogP contribution in [-0.4, -0.2) is 16.5 Å². The van der Waals surface area contributed by atoms with E-state index in [1.807, 2.05) is 38.3 Å². The van der Waals surface area contributed by atoms with E-state index in [0.29, 0.717) is 12.5 Å². The van der Waals surface area contributed by atoms with E-state index in [2.05, 4.69) is 15.3 Å². The number of thiazole rings is 1. The zero-order chi connectivity index (χ0) is 13.9. The van der Waals surface area contributed by atoms with Crippen LogP contribution in [0.15, 0.2) is 33.2 Å². The van der Waals surface area contributed by atoms with E-state index in [0.717, 1.165) is 16.5 Å². The van der Waals surface area contributed by atoms with Crippen LogP contribution in [0.3, 0.4) is 0 Å². The molecular weight excluding hydrogens is 260 g/mol. The minimum atomic E-state index is -0.0883. The molecule has 102 valence electrons. The first-order chi connectivity index (χ1) is 8.94. The molecule has 2 heterocycles. The van der Waals surface area contributed by atoms with Crippen molar-refractivity contribution in [2.24, 2.45) is 10.7 Å². The third-order valence-corrected chi connectivity index (χ3v) is 3.10. The van der Waals surface area contributed by atoms with Gasteiger partial charge in [0.05, 0.1) is 18.5 Å². The van der Waals surface area contributed by atoms with Crippen LogP contribution in [-0.2, 0) is 6.54 Å². The zero-order valence-corrected chi connectivity index (χ0v) is 12.1. The highest BCUT2D eigenvalue weighted by Gasteiger charge is 2.10. The van der Waals surface area contributed by atoms with Gasteiger partial charge in [0.2, 0.25) is 0 Å². The molecule has 2 rings (SSSR count). The molecule has 2 aromatic rings. The molecule has 3 N–H and O–H groups in total. The van der Waals surface area contributed by atoms with Gasteiger partial charge in [0.25, 0.3) is 0 Å². The van der Waals surface area contributed by atoms with Crippen molar-refractivity contribution >= 4 is 17.3 Å². The fourth-order valence-corrected chi connectivity index (χ4v) is 2.26. The second kappa shape index (κ2) is 5.44. The van der Waals surface area contributed by atoms with Crippen LogP contribution in [0.4, 0.5) is 0 Å². The van der Waals surface area contributed by atoms with Crippen molar-refractivity contribution in [1.29, 1.82) is 0 Å². The summed E-state index contributed by atoms with van der Waals surface area (Å²) in [5.74, 6) is 1.21. The van der Waals surface area contributed by atoms with Gasteiger partial charge in [-0.1, -0.05) is 0 Å². The van der Waals surface area contributed by atoms with Crippen molar-refractivity contribution in [1.82, 2.24) is 10.3 Å². The third-order valence-electron chi connectivity index (χ3n) is 2.20. The van der Waals surface area contributed by atoms with Gasteiger partial charge in [0, 0.05) is 10.9 Å². The largest absolute Gasteiger partial charge is 0.462 e. The maximum Gasteiger partial charge on any atom is 0.189 e. The van der Waals surface area contributed by atoms with Crippen LogP contribution in [0.5, 0.6) is 0 Å². The van der Waals surface area contributed by atoms with Crippen LogP contribution in [0.1, 0.15) is 26.5 Å². The molecular formula is C13H18N4OS. The predicted molar refractivity (Wildman–Crippen MR) is 78.0 cm³/mol. The fraction of sp³-hybridized carbons (Fsp3) is 0.385. The first kappa shape index (κ1) is 13.6. The van der Waals surface area contributed by atoms with Crippen molar-refractivity contribution in [2.45, 2.75) is 32.9 Å². The molecule has 0 atom stereocenters. The summed E-state index contributed by atoms with van der Waals surface area (Å²) in [6, 6.07) is 3.74. The van der Waals surface area contributed by atoms with E-state index >= 15 is 0 Å². The van der Waals surface area contributed by atoms with Gasteiger partial charge in [-0.25, -0.2) is 9.98 Å². The normalized spacial score (nSPS) is 12.7. The molecule has 0 aliphatic heterocycles. The number of hydrogen-bond acceptors (Lipinski definition) is 4. The number of aromatic nitrogens is 1. The van der Waals surface area contributed by atoms with Crippen LogP contribution in [0, 0.1) is 0 Å². The monoisotopic (exact) mass is 278 g/mol. The Morgan fingerprint density at radius 1 is 1.53 bits per heavy atom. The van der Waals surface area contributed by atoms with Crippen LogP contribution >= 0.6 is 11.3 Å². The number of furan rings is 1. The molecule has 0 spiro atoms. The third kappa shape index (κ3) is 4.10. The van der Waals surface area contributed by atoms with E-state index < -0.39 is 0 Å². The van der Waals surface area contributed by atoms with Crippen molar-refractivity contribution < 1.29 is 4.42 Å². The molecule has 0 radical (unpaired) electrons. The van der Waals surface area contributed by atoms with E-state index in [1.54, 1.807) is 6.26 Å². The Kier molecular flexibility index (Phi) is 3.90.